The lowest BCUT2D eigenvalue weighted by molar-refractivity contribution is -0.120. The zero-order valence-corrected chi connectivity index (χ0v) is 16.4. The molecule has 1 N–H and O–H groups in total. The highest BCUT2D eigenvalue weighted by molar-refractivity contribution is 6.30. The van der Waals surface area contributed by atoms with Crippen LogP contribution in [0.1, 0.15) is 28.5 Å². The van der Waals surface area contributed by atoms with Gasteiger partial charge in [-0.1, -0.05) is 48.0 Å². The number of hydrogen-bond donors (Lipinski definition) is 1. The molecule has 0 radical (unpaired) electrons. The smallest absolute Gasteiger partial charge is 0.224 e. The normalized spacial score (nSPS) is 15.0. The number of hydrogen-bond acceptors (Lipinski definition) is 3. The molecule has 0 saturated heterocycles. The Morgan fingerprint density at radius 1 is 1.07 bits per heavy atom. The Bertz CT molecular complexity index is 922. The lowest BCUT2D eigenvalue weighted by Gasteiger charge is -2.34. The van der Waals surface area contributed by atoms with E-state index >= 15 is 0 Å². The van der Waals surface area contributed by atoms with Crippen LogP contribution in [-0.2, 0) is 24.2 Å². The molecule has 1 aliphatic heterocycles. The Labute approximate surface area is 170 Å². The summed E-state index contributed by atoms with van der Waals surface area (Å²) < 4.78 is 5.69. The number of benzene rings is 2. The number of rotatable bonds is 6. The first-order valence-electron chi connectivity index (χ1n) is 9.54. The number of carbonyl (C=O) groups is 1. The van der Waals surface area contributed by atoms with Crippen LogP contribution >= 0.6 is 11.6 Å². The van der Waals surface area contributed by atoms with Gasteiger partial charge >= 0.3 is 0 Å². The zero-order valence-electron chi connectivity index (χ0n) is 15.6. The van der Waals surface area contributed by atoms with Crippen LogP contribution in [0.4, 0.5) is 0 Å². The van der Waals surface area contributed by atoms with Crippen molar-refractivity contribution < 1.29 is 9.21 Å². The summed E-state index contributed by atoms with van der Waals surface area (Å²) in [6, 6.07) is 19.8. The van der Waals surface area contributed by atoms with Crippen LogP contribution in [0.3, 0.4) is 0 Å². The molecule has 1 amide bonds. The second kappa shape index (κ2) is 8.63. The molecule has 0 unspecified atom stereocenters. The molecule has 5 heteroatoms. The first-order chi connectivity index (χ1) is 13.7. The monoisotopic (exact) mass is 394 g/mol. The van der Waals surface area contributed by atoms with Gasteiger partial charge in [0, 0.05) is 24.7 Å². The van der Waals surface area contributed by atoms with Crippen molar-refractivity contribution in [2.24, 2.45) is 0 Å². The third-order valence-electron chi connectivity index (χ3n) is 5.24. The number of halogens is 1. The summed E-state index contributed by atoms with van der Waals surface area (Å²) in [5.74, 6) is 0.877. The van der Waals surface area contributed by atoms with E-state index in [1.54, 1.807) is 18.4 Å². The molecule has 2 heterocycles. The summed E-state index contributed by atoms with van der Waals surface area (Å²) >= 11 is 5.91. The van der Waals surface area contributed by atoms with Gasteiger partial charge in [0.15, 0.2) is 0 Å². The maximum absolute atomic E-state index is 12.5. The third kappa shape index (κ3) is 4.46. The number of fused-ring (bicyclic) bond motifs is 1. The lowest BCUT2D eigenvalue weighted by Crippen LogP contribution is -2.40. The Morgan fingerprint density at radius 2 is 1.86 bits per heavy atom. The van der Waals surface area contributed by atoms with Gasteiger partial charge < -0.3 is 9.73 Å². The topological polar surface area (TPSA) is 45.5 Å². The Hall–Kier alpha value is -2.56. The minimum atomic E-state index is -0.00344. The van der Waals surface area contributed by atoms with Crippen molar-refractivity contribution in [2.75, 3.05) is 13.1 Å². The van der Waals surface area contributed by atoms with Crippen LogP contribution < -0.4 is 5.32 Å². The van der Waals surface area contributed by atoms with E-state index in [-0.39, 0.29) is 11.9 Å². The minimum Gasteiger partial charge on any atom is -0.468 e. The van der Waals surface area contributed by atoms with Crippen molar-refractivity contribution in [1.29, 1.82) is 0 Å². The van der Waals surface area contributed by atoms with Crippen LogP contribution in [0.2, 0.25) is 5.02 Å². The van der Waals surface area contributed by atoms with Crippen LogP contribution in [0.25, 0.3) is 0 Å². The predicted molar refractivity (Wildman–Crippen MR) is 110 cm³/mol. The summed E-state index contributed by atoms with van der Waals surface area (Å²) in [7, 11) is 0. The zero-order chi connectivity index (χ0) is 19.3. The summed E-state index contributed by atoms with van der Waals surface area (Å²) in [4.78, 5) is 14.8. The molecule has 0 spiro atoms. The van der Waals surface area contributed by atoms with Gasteiger partial charge in [-0.05, 0) is 47.4 Å². The average molecular weight is 395 g/mol. The van der Waals surface area contributed by atoms with E-state index in [4.69, 9.17) is 16.0 Å². The molecule has 28 heavy (non-hydrogen) atoms. The van der Waals surface area contributed by atoms with Gasteiger partial charge in [-0.2, -0.15) is 0 Å². The van der Waals surface area contributed by atoms with Gasteiger partial charge in [0.2, 0.25) is 5.91 Å². The van der Waals surface area contributed by atoms with E-state index in [1.165, 1.54) is 11.1 Å². The summed E-state index contributed by atoms with van der Waals surface area (Å²) in [6.07, 6.45) is 3.03. The van der Waals surface area contributed by atoms with Gasteiger partial charge in [0.1, 0.15) is 5.76 Å². The first kappa shape index (κ1) is 18.8. The van der Waals surface area contributed by atoms with Gasteiger partial charge in [-0.15, -0.1) is 0 Å². The number of carbonyl (C=O) groups excluding carboxylic acids is 1. The molecule has 0 saturated carbocycles. The van der Waals surface area contributed by atoms with E-state index in [0.717, 1.165) is 30.8 Å². The molecule has 0 fully saturated rings. The molecular formula is C23H23ClN2O2. The van der Waals surface area contributed by atoms with Gasteiger partial charge in [-0.3, -0.25) is 9.69 Å². The van der Waals surface area contributed by atoms with Crippen LogP contribution in [0, 0.1) is 0 Å². The molecule has 144 valence electrons. The largest absolute Gasteiger partial charge is 0.468 e. The van der Waals surface area contributed by atoms with Gasteiger partial charge in [0.25, 0.3) is 0 Å². The Morgan fingerprint density at radius 3 is 2.61 bits per heavy atom. The standard InChI is InChI=1S/C23H23ClN2O2/c24-20-9-7-17(8-10-20)14-23(27)25-15-21(22-6-3-13-28-22)26-12-11-18-4-1-2-5-19(18)16-26/h1-10,13,21H,11-12,14-16H2,(H,25,27)/t21-/m1/s1. The van der Waals surface area contributed by atoms with Crippen molar-refractivity contribution in [2.45, 2.75) is 25.4 Å². The number of nitrogens with zero attached hydrogens (tertiary/aromatic N) is 1. The van der Waals surface area contributed by atoms with Gasteiger partial charge in [-0.25, -0.2) is 0 Å². The van der Waals surface area contributed by atoms with Crippen LogP contribution in [0.15, 0.2) is 71.3 Å². The SMILES string of the molecule is O=C(Cc1ccc(Cl)cc1)NC[C@H](c1ccco1)N1CCc2ccccc2C1. The highest BCUT2D eigenvalue weighted by Crippen LogP contribution is 2.27. The number of nitrogens with one attached hydrogen (secondary N) is 1. The average Bonchev–Trinajstić information content (AvgIpc) is 3.24. The molecule has 4 rings (SSSR count). The van der Waals surface area contributed by atoms with E-state index in [2.05, 4.69) is 34.5 Å². The maximum atomic E-state index is 12.5. The predicted octanol–water partition coefficient (Wildman–Crippen LogP) is 4.39. The molecule has 1 atom stereocenters. The summed E-state index contributed by atoms with van der Waals surface area (Å²) in [6.45, 7) is 2.31. The van der Waals surface area contributed by atoms with Crippen molar-refractivity contribution >= 4 is 17.5 Å². The fourth-order valence-electron chi connectivity index (χ4n) is 3.73. The van der Waals surface area contributed by atoms with E-state index < -0.39 is 0 Å². The molecule has 3 aromatic rings. The highest BCUT2D eigenvalue weighted by atomic mass is 35.5. The fourth-order valence-corrected chi connectivity index (χ4v) is 3.86. The van der Waals surface area contributed by atoms with E-state index in [1.807, 2.05) is 24.3 Å². The highest BCUT2D eigenvalue weighted by Gasteiger charge is 2.27. The van der Waals surface area contributed by atoms with Crippen LogP contribution in [-0.4, -0.2) is 23.9 Å². The number of amides is 1. The van der Waals surface area contributed by atoms with E-state index in [9.17, 15) is 4.79 Å². The molecule has 4 nitrogen and oxygen atoms in total. The van der Waals surface area contributed by atoms with E-state index in [0.29, 0.717) is 18.0 Å². The summed E-state index contributed by atoms with van der Waals surface area (Å²) in [5.41, 5.74) is 3.70. The second-order valence-electron chi connectivity index (χ2n) is 7.13. The molecule has 0 aliphatic carbocycles. The van der Waals surface area contributed by atoms with Gasteiger partial charge in [0.05, 0.1) is 18.7 Å². The number of furan rings is 1. The van der Waals surface area contributed by atoms with Crippen molar-refractivity contribution in [3.05, 3.63) is 94.4 Å². The molecular weight excluding hydrogens is 372 g/mol. The minimum absolute atomic E-state index is 0.00344. The molecule has 2 aromatic carbocycles. The third-order valence-corrected chi connectivity index (χ3v) is 5.50. The molecule has 1 aromatic heterocycles. The lowest BCUT2D eigenvalue weighted by atomic mass is 9.98. The quantitative estimate of drug-likeness (QED) is 0.674. The van der Waals surface area contributed by atoms with Crippen molar-refractivity contribution in [3.8, 4) is 0 Å². The Kier molecular flexibility index (Phi) is 5.79. The Balaban J connectivity index is 1.43. The van der Waals surface area contributed by atoms with Crippen molar-refractivity contribution in [1.82, 2.24) is 10.2 Å². The first-order valence-corrected chi connectivity index (χ1v) is 9.92. The molecule has 0 bridgehead atoms. The fraction of sp³-hybridized carbons (Fsp3) is 0.261. The second-order valence-corrected chi connectivity index (χ2v) is 7.56. The molecule has 1 aliphatic rings. The maximum Gasteiger partial charge on any atom is 0.224 e. The van der Waals surface area contributed by atoms with Crippen LogP contribution in [0.5, 0.6) is 0 Å². The summed E-state index contributed by atoms with van der Waals surface area (Å²) in [5, 5.41) is 3.76. The van der Waals surface area contributed by atoms with Crippen molar-refractivity contribution in [3.63, 3.8) is 0 Å².